The Morgan fingerprint density at radius 1 is 1.33 bits per heavy atom. The Labute approximate surface area is 109 Å². The second-order valence-corrected chi connectivity index (χ2v) is 4.00. The number of hydrogen-bond donors (Lipinski definition) is 1. The fourth-order valence-corrected chi connectivity index (χ4v) is 1.62. The average Bonchev–Trinajstić information content (AvgIpc) is 2.32. The molecule has 1 heterocycles. The van der Waals surface area contributed by atoms with E-state index < -0.39 is 5.97 Å². The maximum absolute atomic E-state index is 11.0. The van der Waals surface area contributed by atoms with E-state index in [1.807, 2.05) is 0 Å². The Hall–Kier alpha value is -2.14. The van der Waals surface area contributed by atoms with E-state index in [0.29, 0.717) is 21.9 Å². The van der Waals surface area contributed by atoms with Gasteiger partial charge in [0.05, 0.1) is 0 Å². The lowest BCUT2D eigenvalue weighted by Gasteiger charge is -2.09. The van der Waals surface area contributed by atoms with Crippen molar-refractivity contribution in [2.24, 2.45) is 0 Å². The van der Waals surface area contributed by atoms with Gasteiger partial charge in [-0.1, -0.05) is 11.6 Å². The topological polar surface area (TPSA) is 78.1 Å². The maximum Gasteiger partial charge on any atom is 0.308 e. The first-order valence-corrected chi connectivity index (χ1v) is 5.50. The van der Waals surface area contributed by atoms with Gasteiger partial charge in [-0.2, -0.15) is 0 Å². The lowest BCUT2D eigenvalue weighted by molar-refractivity contribution is -0.131. The Morgan fingerprint density at radius 3 is 2.61 bits per heavy atom. The molecule has 0 aliphatic rings. The van der Waals surface area contributed by atoms with Crippen LogP contribution >= 0.6 is 11.6 Å². The molecule has 2 aromatic rings. The first-order valence-electron chi connectivity index (χ1n) is 5.12. The van der Waals surface area contributed by atoms with Crippen molar-refractivity contribution in [3.05, 3.63) is 35.6 Å². The SMILES string of the molecule is CC(=O)Oc1ccc(Cl)cc1-c1cnc(N)nc1. The summed E-state index contributed by atoms with van der Waals surface area (Å²) in [5.41, 5.74) is 6.73. The lowest BCUT2D eigenvalue weighted by atomic mass is 10.1. The number of hydrogen-bond acceptors (Lipinski definition) is 5. The molecule has 0 amide bonds. The van der Waals surface area contributed by atoms with Crippen molar-refractivity contribution in [3.63, 3.8) is 0 Å². The van der Waals surface area contributed by atoms with Crippen LogP contribution in [0.3, 0.4) is 0 Å². The van der Waals surface area contributed by atoms with Crippen LogP contribution in [0.25, 0.3) is 11.1 Å². The molecule has 0 bridgehead atoms. The zero-order chi connectivity index (χ0) is 13.1. The number of benzene rings is 1. The molecular formula is C12H10ClN3O2. The average molecular weight is 264 g/mol. The van der Waals surface area contributed by atoms with E-state index in [0.717, 1.165) is 0 Å². The Balaban J connectivity index is 2.50. The van der Waals surface area contributed by atoms with Gasteiger partial charge >= 0.3 is 5.97 Å². The van der Waals surface area contributed by atoms with Crippen molar-refractivity contribution in [2.75, 3.05) is 5.73 Å². The number of halogens is 1. The highest BCUT2D eigenvalue weighted by molar-refractivity contribution is 6.31. The van der Waals surface area contributed by atoms with Gasteiger partial charge in [0, 0.05) is 35.5 Å². The van der Waals surface area contributed by atoms with Gasteiger partial charge in [0.25, 0.3) is 0 Å². The quantitative estimate of drug-likeness (QED) is 0.664. The van der Waals surface area contributed by atoms with Gasteiger partial charge in [-0.3, -0.25) is 4.79 Å². The highest BCUT2D eigenvalue weighted by Gasteiger charge is 2.10. The van der Waals surface area contributed by atoms with E-state index >= 15 is 0 Å². The number of aromatic nitrogens is 2. The van der Waals surface area contributed by atoms with E-state index in [-0.39, 0.29) is 5.95 Å². The number of ether oxygens (including phenoxy) is 1. The van der Waals surface area contributed by atoms with Gasteiger partial charge in [-0.05, 0) is 18.2 Å². The van der Waals surface area contributed by atoms with E-state index in [4.69, 9.17) is 22.1 Å². The first-order chi connectivity index (χ1) is 8.56. The molecule has 0 aliphatic carbocycles. The highest BCUT2D eigenvalue weighted by Crippen LogP contribution is 2.32. The van der Waals surface area contributed by atoms with E-state index in [1.165, 1.54) is 6.92 Å². The largest absolute Gasteiger partial charge is 0.426 e. The van der Waals surface area contributed by atoms with Gasteiger partial charge in [0.15, 0.2) is 0 Å². The summed E-state index contributed by atoms with van der Waals surface area (Å²) in [5.74, 6) is 0.171. The number of carbonyl (C=O) groups is 1. The maximum atomic E-state index is 11.0. The van der Waals surface area contributed by atoms with Crippen molar-refractivity contribution in [1.29, 1.82) is 0 Å². The van der Waals surface area contributed by atoms with Crippen LogP contribution in [0.1, 0.15) is 6.92 Å². The van der Waals surface area contributed by atoms with Gasteiger partial charge in [-0.15, -0.1) is 0 Å². The zero-order valence-electron chi connectivity index (χ0n) is 9.55. The van der Waals surface area contributed by atoms with Crippen molar-refractivity contribution in [1.82, 2.24) is 9.97 Å². The summed E-state index contributed by atoms with van der Waals surface area (Å²) in [5, 5.41) is 0.526. The molecule has 0 unspecified atom stereocenters. The monoisotopic (exact) mass is 263 g/mol. The molecule has 5 nitrogen and oxygen atoms in total. The molecule has 1 aromatic carbocycles. The molecule has 0 saturated carbocycles. The minimum Gasteiger partial charge on any atom is -0.426 e. The van der Waals surface area contributed by atoms with E-state index in [1.54, 1.807) is 30.6 Å². The molecular weight excluding hydrogens is 254 g/mol. The summed E-state index contributed by atoms with van der Waals surface area (Å²) in [6, 6.07) is 4.94. The first kappa shape index (κ1) is 12.3. The second kappa shape index (κ2) is 5.01. The van der Waals surface area contributed by atoms with E-state index in [2.05, 4.69) is 9.97 Å². The Bertz CT molecular complexity index is 584. The minimum atomic E-state index is -0.407. The molecule has 1 aromatic heterocycles. The van der Waals surface area contributed by atoms with E-state index in [9.17, 15) is 4.79 Å². The van der Waals surface area contributed by atoms with Crippen molar-refractivity contribution < 1.29 is 9.53 Å². The molecule has 92 valence electrons. The number of carbonyl (C=O) groups excluding carboxylic acids is 1. The predicted molar refractivity (Wildman–Crippen MR) is 68.2 cm³/mol. The van der Waals surface area contributed by atoms with Crippen molar-refractivity contribution >= 4 is 23.5 Å². The molecule has 6 heteroatoms. The summed E-state index contributed by atoms with van der Waals surface area (Å²) >= 11 is 5.93. The van der Waals surface area contributed by atoms with Gasteiger partial charge in [-0.25, -0.2) is 9.97 Å². The van der Waals surface area contributed by atoms with Crippen LogP contribution in [-0.4, -0.2) is 15.9 Å². The molecule has 0 saturated heterocycles. The molecule has 0 atom stereocenters. The predicted octanol–water partition coefficient (Wildman–Crippen LogP) is 2.30. The van der Waals surface area contributed by atoms with Gasteiger partial charge in [0.1, 0.15) is 5.75 Å². The van der Waals surface area contributed by atoms with Crippen LogP contribution in [0.5, 0.6) is 5.75 Å². The third-order valence-corrected chi connectivity index (χ3v) is 2.41. The number of esters is 1. The molecule has 0 radical (unpaired) electrons. The summed E-state index contributed by atoms with van der Waals surface area (Å²) in [6.07, 6.45) is 3.09. The number of anilines is 1. The molecule has 18 heavy (non-hydrogen) atoms. The van der Waals surface area contributed by atoms with Crippen LogP contribution in [-0.2, 0) is 4.79 Å². The Morgan fingerprint density at radius 2 is 2.00 bits per heavy atom. The zero-order valence-corrected chi connectivity index (χ0v) is 10.3. The van der Waals surface area contributed by atoms with Crippen LogP contribution in [0.4, 0.5) is 5.95 Å². The minimum absolute atomic E-state index is 0.176. The van der Waals surface area contributed by atoms with Crippen LogP contribution in [0.15, 0.2) is 30.6 Å². The number of nitrogens with zero attached hydrogens (tertiary/aromatic N) is 2. The fraction of sp³-hybridized carbons (Fsp3) is 0.0833. The normalized spacial score (nSPS) is 10.1. The molecule has 0 spiro atoms. The lowest BCUT2D eigenvalue weighted by Crippen LogP contribution is -2.03. The molecule has 0 aliphatic heterocycles. The number of rotatable bonds is 2. The van der Waals surface area contributed by atoms with Crippen molar-refractivity contribution in [3.8, 4) is 16.9 Å². The summed E-state index contributed by atoms with van der Waals surface area (Å²) in [7, 11) is 0. The fourth-order valence-electron chi connectivity index (χ4n) is 1.45. The number of nitrogens with two attached hydrogens (primary N) is 1. The molecule has 2 N–H and O–H groups in total. The van der Waals surface area contributed by atoms with Gasteiger partial charge in [0.2, 0.25) is 5.95 Å². The van der Waals surface area contributed by atoms with Crippen LogP contribution in [0.2, 0.25) is 5.02 Å². The highest BCUT2D eigenvalue weighted by atomic mass is 35.5. The third kappa shape index (κ3) is 2.75. The smallest absolute Gasteiger partial charge is 0.308 e. The van der Waals surface area contributed by atoms with Gasteiger partial charge < -0.3 is 10.5 Å². The third-order valence-electron chi connectivity index (χ3n) is 2.18. The summed E-state index contributed by atoms with van der Waals surface area (Å²) in [6.45, 7) is 1.33. The standard InChI is InChI=1S/C12H10ClN3O2/c1-7(17)18-11-3-2-9(13)4-10(11)8-5-15-12(14)16-6-8/h2-6H,1H3,(H2,14,15,16). The summed E-state index contributed by atoms with van der Waals surface area (Å²) in [4.78, 5) is 18.8. The van der Waals surface area contributed by atoms with Crippen LogP contribution in [0, 0.1) is 0 Å². The second-order valence-electron chi connectivity index (χ2n) is 3.56. The molecule has 2 rings (SSSR count). The Kier molecular flexibility index (Phi) is 3.43. The van der Waals surface area contributed by atoms with Crippen LogP contribution < -0.4 is 10.5 Å². The summed E-state index contributed by atoms with van der Waals surface area (Å²) < 4.78 is 5.10. The number of nitrogen functional groups attached to an aromatic ring is 1. The van der Waals surface area contributed by atoms with Crippen molar-refractivity contribution in [2.45, 2.75) is 6.92 Å². The molecule has 0 fully saturated rings.